The Bertz CT molecular complexity index is 1130. The molecule has 0 bridgehead atoms. The maximum Gasteiger partial charge on any atom is 0.410 e. The average Bonchev–Trinajstić information content (AvgIpc) is 2.81. The smallest absolute Gasteiger partial charge is 0.410 e. The molecule has 2 amide bonds. The Hall–Kier alpha value is -3.39. The molecule has 8 nitrogen and oxygen atoms in total. The Labute approximate surface area is 205 Å². The van der Waals surface area contributed by atoms with E-state index in [4.69, 9.17) is 9.47 Å². The highest BCUT2D eigenvalue weighted by Crippen LogP contribution is 2.61. The van der Waals surface area contributed by atoms with Gasteiger partial charge < -0.3 is 24.8 Å². The summed E-state index contributed by atoms with van der Waals surface area (Å²) in [4.78, 5) is 40.4. The Morgan fingerprint density at radius 2 is 1.77 bits per heavy atom. The van der Waals surface area contributed by atoms with E-state index in [1.807, 2.05) is 30.3 Å². The number of nitrogens with zero attached hydrogens (tertiary/aromatic N) is 1. The number of hydrogen-bond donors (Lipinski definition) is 1. The van der Waals surface area contributed by atoms with Crippen molar-refractivity contribution in [2.45, 2.75) is 56.8 Å². The maximum atomic E-state index is 14.1. The Kier molecular flexibility index (Phi) is 6.36. The first-order valence-corrected chi connectivity index (χ1v) is 11.7. The van der Waals surface area contributed by atoms with E-state index < -0.39 is 34.6 Å². The van der Waals surface area contributed by atoms with Crippen molar-refractivity contribution in [3.8, 4) is 0 Å². The van der Waals surface area contributed by atoms with Crippen molar-refractivity contribution in [1.82, 2.24) is 4.90 Å². The molecule has 1 fully saturated rings. The third-order valence-electron chi connectivity index (χ3n) is 6.95. The first kappa shape index (κ1) is 24.7. The van der Waals surface area contributed by atoms with Crippen LogP contribution >= 0.6 is 0 Å². The lowest BCUT2D eigenvalue weighted by Crippen LogP contribution is -2.80. The summed E-state index contributed by atoms with van der Waals surface area (Å²) in [5, 5.41) is 16.9. The molecule has 1 N–H and O–H groups in total. The van der Waals surface area contributed by atoms with Crippen LogP contribution in [0.15, 0.2) is 54.6 Å². The van der Waals surface area contributed by atoms with E-state index in [1.165, 1.54) is 12.0 Å². The van der Waals surface area contributed by atoms with Crippen LogP contribution in [-0.4, -0.2) is 47.7 Å². The standard InChI is InChI=1S/C27H31N2O6/c1-25(2,3)35-24(32)29(17-18-10-6-5-7-11-18)15-14-26-19-12-8-9-13-21(19)28-22(30)20(26)16-27(26,33)23(31)34-4/h5-13,20H,14-17H2,1-4H3,(H,28,30)/q-1/t20-,26+,27+/m1/s1. The Morgan fingerprint density at radius 1 is 1.11 bits per heavy atom. The van der Waals surface area contributed by atoms with Gasteiger partial charge in [0.2, 0.25) is 5.91 Å². The number of methoxy groups -OCH3 is 1. The molecule has 186 valence electrons. The van der Waals surface area contributed by atoms with Gasteiger partial charge in [-0.3, -0.25) is 9.59 Å². The molecule has 2 aliphatic rings. The summed E-state index contributed by atoms with van der Waals surface area (Å²) in [6.07, 6.45) is -0.589. The zero-order valence-corrected chi connectivity index (χ0v) is 20.5. The van der Waals surface area contributed by atoms with Gasteiger partial charge in [0, 0.05) is 30.1 Å². The fourth-order valence-electron chi connectivity index (χ4n) is 5.33. The predicted molar refractivity (Wildman–Crippen MR) is 127 cm³/mol. The largest absolute Gasteiger partial charge is 0.841 e. The van der Waals surface area contributed by atoms with Crippen LogP contribution in [0.4, 0.5) is 10.5 Å². The molecule has 0 spiro atoms. The fraction of sp³-hybridized carbons (Fsp3) is 0.444. The van der Waals surface area contributed by atoms with Crippen molar-refractivity contribution in [3.63, 3.8) is 0 Å². The molecule has 4 rings (SSSR count). The second-order valence-corrected chi connectivity index (χ2v) is 10.2. The molecule has 0 aromatic heterocycles. The van der Waals surface area contributed by atoms with Gasteiger partial charge in [-0.2, -0.15) is 0 Å². The number of para-hydroxylation sites is 1. The molecule has 8 heteroatoms. The van der Waals surface area contributed by atoms with Crippen molar-refractivity contribution in [2.75, 3.05) is 19.0 Å². The van der Waals surface area contributed by atoms with Crippen molar-refractivity contribution in [1.29, 1.82) is 0 Å². The van der Waals surface area contributed by atoms with Crippen molar-refractivity contribution in [3.05, 3.63) is 65.7 Å². The average molecular weight is 480 g/mol. The van der Waals surface area contributed by atoms with Gasteiger partial charge in [-0.1, -0.05) is 48.5 Å². The van der Waals surface area contributed by atoms with Crippen LogP contribution in [0.2, 0.25) is 0 Å². The summed E-state index contributed by atoms with van der Waals surface area (Å²) in [6, 6.07) is 16.5. The number of fused-ring (bicyclic) bond motifs is 3. The summed E-state index contributed by atoms with van der Waals surface area (Å²) in [5.74, 6) is -1.90. The van der Waals surface area contributed by atoms with Gasteiger partial charge in [-0.15, -0.1) is 0 Å². The first-order valence-electron chi connectivity index (χ1n) is 11.7. The highest BCUT2D eigenvalue weighted by molar-refractivity contribution is 6.02. The van der Waals surface area contributed by atoms with Gasteiger partial charge in [0.1, 0.15) is 5.60 Å². The molecule has 0 radical (unpaired) electrons. The van der Waals surface area contributed by atoms with Crippen LogP contribution in [0, 0.1) is 5.92 Å². The highest BCUT2D eigenvalue weighted by Gasteiger charge is 2.67. The van der Waals surface area contributed by atoms with Gasteiger partial charge in [0.15, 0.2) is 0 Å². The second-order valence-electron chi connectivity index (χ2n) is 10.2. The Morgan fingerprint density at radius 3 is 2.43 bits per heavy atom. The minimum atomic E-state index is -2.15. The first-order chi connectivity index (χ1) is 16.5. The van der Waals surface area contributed by atoms with E-state index in [-0.39, 0.29) is 31.8 Å². The highest BCUT2D eigenvalue weighted by atomic mass is 16.6. The maximum absolute atomic E-state index is 14.1. The number of carbonyl (C=O) groups excluding carboxylic acids is 3. The van der Waals surface area contributed by atoms with Gasteiger partial charge in [-0.05, 0) is 56.4 Å². The van der Waals surface area contributed by atoms with E-state index in [1.54, 1.807) is 45.0 Å². The van der Waals surface area contributed by atoms with Crippen LogP contribution in [0.1, 0.15) is 44.7 Å². The van der Waals surface area contributed by atoms with Crippen LogP contribution in [0.3, 0.4) is 0 Å². The lowest BCUT2D eigenvalue weighted by Gasteiger charge is -2.68. The molecule has 3 atom stereocenters. The van der Waals surface area contributed by atoms with Gasteiger partial charge in [0.05, 0.1) is 7.11 Å². The lowest BCUT2D eigenvalue weighted by atomic mass is 9.44. The second kappa shape index (κ2) is 9.00. The van der Waals surface area contributed by atoms with Crippen molar-refractivity contribution < 1.29 is 29.0 Å². The van der Waals surface area contributed by atoms with Crippen LogP contribution in [-0.2, 0) is 31.0 Å². The minimum Gasteiger partial charge on any atom is -0.841 e. The summed E-state index contributed by atoms with van der Waals surface area (Å²) in [6.45, 7) is 5.73. The molecular formula is C27H31N2O6-. The Balaban J connectivity index is 1.72. The topological polar surface area (TPSA) is 108 Å². The molecule has 0 unspecified atom stereocenters. The van der Waals surface area contributed by atoms with Gasteiger partial charge >= 0.3 is 6.09 Å². The van der Waals surface area contributed by atoms with E-state index in [0.29, 0.717) is 11.3 Å². The minimum absolute atomic E-state index is 0.104. The van der Waals surface area contributed by atoms with Gasteiger partial charge in [-0.25, -0.2) is 4.79 Å². The van der Waals surface area contributed by atoms with E-state index in [9.17, 15) is 19.5 Å². The summed E-state index contributed by atoms with van der Waals surface area (Å²) >= 11 is 0. The number of esters is 1. The summed E-state index contributed by atoms with van der Waals surface area (Å²) in [5.41, 5.74) is -2.22. The van der Waals surface area contributed by atoms with Crippen LogP contribution < -0.4 is 10.4 Å². The van der Waals surface area contributed by atoms with E-state index in [0.717, 1.165) is 5.56 Å². The third-order valence-corrected chi connectivity index (χ3v) is 6.95. The van der Waals surface area contributed by atoms with Crippen LogP contribution in [0.25, 0.3) is 0 Å². The molecule has 1 heterocycles. The molecule has 1 aliphatic heterocycles. The summed E-state index contributed by atoms with van der Waals surface area (Å²) < 4.78 is 10.5. The zero-order valence-electron chi connectivity index (χ0n) is 20.5. The molecule has 2 aromatic rings. The number of carbonyl (C=O) groups is 3. The molecule has 35 heavy (non-hydrogen) atoms. The molecule has 1 aliphatic carbocycles. The quantitative estimate of drug-likeness (QED) is 0.638. The molecule has 1 saturated carbocycles. The summed E-state index contributed by atoms with van der Waals surface area (Å²) in [7, 11) is 1.18. The number of ether oxygens (including phenoxy) is 2. The SMILES string of the molecule is COC(=O)[C@@]1([O-])C[C@@H]2C(=O)Nc3ccccc3[C@@]21CCN(Cc1ccccc1)C(=O)OC(C)(C)C. The van der Waals surface area contributed by atoms with Crippen molar-refractivity contribution in [2.24, 2.45) is 5.92 Å². The number of anilines is 1. The lowest BCUT2D eigenvalue weighted by molar-refractivity contribution is -0.511. The van der Waals surface area contributed by atoms with Crippen LogP contribution in [0.5, 0.6) is 0 Å². The number of hydrogen-bond acceptors (Lipinski definition) is 6. The van der Waals surface area contributed by atoms with E-state index in [2.05, 4.69) is 5.32 Å². The van der Waals surface area contributed by atoms with E-state index >= 15 is 0 Å². The number of rotatable bonds is 6. The monoisotopic (exact) mass is 479 g/mol. The predicted octanol–water partition coefficient (Wildman–Crippen LogP) is 3.00. The van der Waals surface area contributed by atoms with Gasteiger partial charge in [0.25, 0.3) is 5.97 Å². The number of benzene rings is 2. The number of nitrogens with one attached hydrogen (secondary N) is 1. The molecule has 2 aromatic carbocycles. The molecule has 0 saturated heterocycles. The zero-order chi connectivity index (χ0) is 25.4. The fourth-order valence-corrected chi connectivity index (χ4v) is 5.33. The normalized spacial score (nSPS) is 24.8. The third kappa shape index (κ3) is 4.27. The number of amides is 2. The van der Waals surface area contributed by atoms with Crippen molar-refractivity contribution >= 4 is 23.7 Å². The molecular weight excluding hydrogens is 448 g/mol.